The van der Waals surface area contributed by atoms with Crippen molar-refractivity contribution in [3.05, 3.63) is 24.3 Å². The average Bonchev–Trinajstić information content (AvgIpc) is 2.64. The lowest BCUT2D eigenvalue weighted by Crippen LogP contribution is -2.35. The number of hydrogen-bond acceptors (Lipinski definition) is 6. The maximum atomic E-state index is 12.2. The molecule has 0 bridgehead atoms. The number of hydrogen-bond donors (Lipinski definition) is 0. The maximum absolute atomic E-state index is 12.2. The Morgan fingerprint density at radius 1 is 1.04 bits per heavy atom. The zero-order chi connectivity index (χ0) is 18.5. The van der Waals surface area contributed by atoms with Gasteiger partial charge in [0.1, 0.15) is 6.61 Å². The van der Waals surface area contributed by atoms with Crippen LogP contribution in [0.4, 0.5) is 0 Å². The van der Waals surface area contributed by atoms with Crippen LogP contribution in [0.1, 0.15) is 32.6 Å². The van der Waals surface area contributed by atoms with Gasteiger partial charge in [0.15, 0.2) is 6.61 Å². The molecule has 0 heterocycles. The minimum atomic E-state index is -0.693. The summed E-state index contributed by atoms with van der Waals surface area (Å²) in [5.41, 5.74) is 0. The number of rotatable bonds is 6. The molecular formula is C19H24O6. The van der Waals surface area contributed by atoms with Gasteiger partial charge in [0.2, 0.25) is 0 Å². The number of ether oxygens (including phenoxy) is 3. The van der Waals surface area contributed by atoms with Crippen molar-refractivity contribution in [3.8, 4) is 11.8 Å². The molecule has 0 aromatic rings. The number of allylic oxidation sites excluding steroid dienone is 3. The molecule has 2 atom stereocenters. The van der Waals surface area contributed by atoms with Crippen molar-refractivity contribution in [1.82, 2.24) is 0 Å². The second-order valence-electron chi connectivity index (χ2n) is 5.48. The van der Waals surface area contributed by atoms with E-state index in [2.05, 4.69) is 16.6 Å². The van der Waals surface area contributed by atoms with Gasteiger partial charge >= 0.3 is 17.9 Å². The number of esters is 3. The summed E-state index contributed by atoms with van der Waals surface area (Å²) in [6.45, 7) is 1.86. The van der Waals surface area contributed by atoms with Gasteiger partial charge in [-0.25, -0.2) is 4.79 Å². The molecule has 0 aromatic heterocycles. The van der Waals surface area contributed by atoms with Crippen LogP contribution in [-0.2, 0) is 28.6 Å². The summed E-state index contributed by atoms with van der Waals surface area (Å²) in [6.07, 6.45) is 10.1. The molecule has 1 fully saturated rings. The highest BCUT2D eigenvalue weighted by Gasteiger charge is 2.37. The maximum Gasteiger partial charge on any atom is 0.384 e. The Balaban J connectivity index is 2.53. The van der Waals surface area contributed by atoms with Crippen LogP contribution in [0.3, 0.4) is 0 Å². The lowest BCUT2D eigenvalue weighted by molar-refractivity contribution is -0.161. The largest absolute Gasteiger partial charge is 0.461 e. The molecular weight excluding hydrogens is 324 g/mol. The molecule has 25 heavy (non-hydrogen) atoms. The monoisotopic (exact) mass is 348 g/mol. The van der Waals surface area contributed by atoms with Crippen LogP contribution >= 0.6 is 0 Å². The van der Waals surface area contributed by atoms with Crippen molar-refractivity contribution < 1.29 is 28.6 Å². The smallest absolute Gasteiger partial charge is 0.384 e. The molecule has 0 aliphatic heterocycles. The van der Waals surface area contributed by atoms with E-state index >= 15 is 0 Å². The summed E-state index contributed by atoms with van der Waals surface area (Å²) in [5.74, 6) is 2.00. The first kappa shape index (κ1) is 20.5. The zero-order valence-electron chi connectivity index (χ0n) is 14.7. The van der Waals surface area contributed by atoms with Gasteiger partial charge in [0.05, 0.1) is 18.9 Å². The summed E-state index contributed by atoms with van der Waals surface area (Å²) in [7, 11) is 1.22. The highest BCUT2D eigenvalue weighted by atomic mass is 16.5. The quantitative estimate of drug-likeness (QED) is 0.241. The van der Waals surface area contributed by atoms with Crippen molar-refractivity contribution in [2.24, 2.45) is 11.8 Å². The molecule has 6 heteroatoms. The van der Waals surface area contributed by atoms with E-state index in [4.69, 9.17) is 9.47 Å². The van der Waals surface area contributed by atoms with Crippen LogP contribution < -0.4 is 0 Å². The molecule has 0 radical (unpaired) electrons. The van der Waals surface area contributed by atoms with E-state index in [0.717, 1.165) is 12.8 Å². The Labute approximate surface area is 148 Å². The Morgan fingerprint density at radius 2 is 1.68 bits per heavy atom. The average molecular weight is 348 g/mol. The zero-order valence-corrected chi connectivity index (χ0v) is 14.7. The van der Waals surface area contributed by atoms with Gasteiger partial charge in [0, 0.05) is 5.92 Å². The first-order chi connectivity index (χ1) is 12.1. The Hall–Kier alpha value is -2.55. The van der Waals surface area contributed by atoms with E-state index < -0.39 is 23.8 Å². The second kappa shape index (κ2) is 11.9. The third-order valence-corrected chi connectivity index (χ3v) is 3.80. The standard InChI is InChI=1S/C19H24O6/c1-3-4-5-8-13-24-18(21)15-10-6-7-11-16(15)19(22)25-14-9-12-17(20)23-2/h3-5,8,15-16H,6-7,10-11,13-14H2,1-2H3/b4-3+,8-5+/t15-,16+/m0/s1. The molecule has 1 aliphatic rings. The molecule has 0 unspecified atom stereocenters. The van der Waals surface area contributed by atoms with Crippen LogP contribution in [-0.4, -0.2) is 38.2 Å². The van der Waals surface area contributed by atoms with Gasteiger partial charge in [-0.2, -0.15) is 0 Å². The van der Waals surface area contributed by atoms with Crippen molar-refractivity contribution in [2.75, 3.05) is 20.3 Å². The van der Waals surface area contributed by atoms with E-state index in [9.17, 15) is 14.4 Å². The van der Waals surface area contributed by atoms with Gasteiger partial charge in [-0.3, -0.25) is 9.59 Å². The van der Waals surface area contributed by atoms with Gasteiger partial charge < -0.3 is 14.2 Å². The van der Waals surface area contributed by atoms with E-state index in [1.54, 1.807) is 12.2 Å². The lowest BCUT2D eigenvalue weighted by atomic mass is 9.79. The Bertz CT molecular complexity index is 578. The second-order valence-corrected chi connectivity index (χ2v) is 5.48. The summed E-state index contributed by atoms with van der Waals surface area (Å²) in [4.78, 5) is 35.3. The first-order valence-electron chi connectivity index (χ1n) is 8.28. The Morgan fingerprint density at radius 3 is 2.28 bits per heavy atom. The fourth-order valence-electron chi connectivity index (χ4n) is 2.55. The van der Waals surface area contributed by atoms with Crippen LogP contribution in [0.5, 0.6) is 0 Å². The molecule has 0 N–H and O–H groups in total. The van der Waals surface area contributed by atoms with E-state index in [-0.39, 0.29) is 19.2 Å². The lowest BCUT2D eigenvalue weighted by Gasteiger charge is -2.27. The van der Waals surface area contributed by atoms with Crippen molar-refractivity contribution in [3.63, 3.8) is 0 Å². The summed E-state index contributed by atoms with van der Waals surface area (Å²) in [5, 5.41) is 0. The molecule has 1 saturated carbocycles. The Kier molecular flexibility index (Phi) is 9.76. The fraction of sp³-hybridized carbons (Fsp3) is 0.526. The number of carbonyl (C=O) groups is 3. The van der Waals surface area contributed by atoms with Gasteiger partial charge in [0.25, 0.3) is 0 Å². The third-order valence-electron chi connectivity index (χ3n) is 3.80. The predicted molar refractivity (Wildman–Crippen MR) is 91.1 cm³/mol. The van der Waals surface area contributed by atoms with E-state index in [1.807, 2.05) is 19.1 Å². The SMILES string of the molecule is C/C=C/C=C/COC(=O)[C@H]1CCCC[C@H]1C(=O)OCC#CC(=O)OC. The molecule has 0 amide bonds. The molecule has 0 aromatic carbocycles. The summed E-state index contributed by atoms with van der Waals surface area (Å²) >= 11 is 0. The predicted octanol–water partition coefficient (Wildman–Crippen LogP) is 2.19. The van der Waals surface area contributed by atoms with Gasteiger partial charge in [-0.1, -0.05) is 31.1 Å². The third kappa shape index (κ3) is 7.71. The van der Waals surface area contributed by atoms with Crippen LogP contribution in [0, 0.1) is 23.7 Å². The molecule has 1 aliphatic carbocycles. The molecule has 0 spiro atoms. The number of methoxy groups -OCH3 is 1. The molecule has 1 rings (SSSR count). The molecule has 6 nitrogen and oxygen atoms in total. The van der Waals surface area contributed by atoms with E-state index in [1.165, 1.54) is 7.11 Å². The fourth-order valence-corrected chi connectivity index (χ4v) is 2.55. The van der Waals surface area contributed by atoms with Crippen LogP contribution in [0.2, 0.25) is 0 Å². The first-order valence-corrected chi connectivity index (χ1v) is 8.28. The van der Waals surface area contributed by atoms with Crippen LogP contribution in [0.25, 0.3) is 0 Å². The molecule has 0 saturated heterocycles. The minimum Gasteiger partial charge on any atom is -0.461 e. The number of carbonyl (C=O) groups excluding carboxylic acids is 3. The van der Waals surface area contributed by atoms with Crippen LogP contribution in [0.15, 0.2) is 24.3 Å². The van der Waals surface area contributed by atoms with Crippen molar-refractivity contribution >= 4 is 17.9 Å². The summed E-state index contributed by atoms with van der Waals surface area (Å²) < 4.78 is 14.6. The summed E-state index contributed by atoms with van der Waals surface area (Å²) in [6, 6.07) is 0. The van der Waals surface area contributed by atoms with Gasteiger partial charge in [-0.15, -0.1) is 0 Å². The topological polar surface area (TPSA) is 78.9 Å². The minimum absolute atomic E-state index is 0.173. The van der Waals surface area contributed by atoms with Gasteiger partial charge in [-0.05, 0) is 31.8 Å². The van der Waals surface area contributed by atoms with Crippen molar-refractivity contribution in [2.45, 2.75) is 32.6 Å². The molecule has 136 valence electrons. The van der Waals surface area contributed by atoms with E-state index in [0.29, 0.717) is 12.8 Å². The highest BCUT2D eigenvalue weighted by Crippen LogP contribution is 2.32. The highest BCUT2D eigenvalue weighted by molar-refractivity contribution is 5.88. The normalized spacial score (nSPS) is 19.9. The van der Waals surface area contributed by atoms with Crippen molar-refractivity contribution in [1.29, 1.82) is 0 Å².